The van der Waals surface area contributed by atoms with Crippen molar-refractivity contribution in [1.82, 2.24) is 15.2 Å². The molecule has 9 heteroatoms. The number of aryl methyl sites for hydroxylation is 1. The second-order valence-electron chi connectivity index (χ2n) is 9.66. The molecular formula is C28H27N5O3S. The maximum Gasteiger partial charge on any atom is 0.331 e. The van der Waals surface area contributed by atoms with Crippen LogP contribution in [0.5, 0.6) is 11.5 Å². The van der Waals surface area contributed by atoms with Crippen LogP contribution in [0.1, 0.15) is 29.1 Å². The third kappa shape index (κ3) is 4.20. The van der Waals surface area contributed by atoms with Crippen LogP contribution in [0.2, 0.25) is 0 Å². The standard InChI is InChI=1S/C28H27N5O3S/c1-16(2)32-14-18(15-32)30-26(34)25-24-23-22(11-12-29-27(23)37-25)33(28(35)31-24)21-10-9-20(13-17(21)3)36-19-7-5-4-6-8-19/h4-13,16,18H,14-15H2,1-3H3,(H,30,34)(H,31,35). The minimum absolute atomic E-state index is 0.106. The zero-order chi connectivity index (χ0) is 25.7. The van der Waals surface area contributed by atoms with Gasteiger partial charge in [0.1, 0.15) is 21.2 Å². The average Bonchev–Trinajstić information content (AvgIpc) is 3.22. The Hall–Kier alpha value is -3.95. The Morgan fingerprint density at radius 3 is 2.62 bits per heavy atom. The highest BCUT2D eigenvalue weighted by Crippen LogP contribution is 2.46. The molecule has 0 bridgehead atoms. The summed E-state index contributed by atoms with van der Waals surface area (Å²) in [5.41, 5.74) is 2.85. The number of para-hydroxylation sites is 1. The second kappa shape index (κ2) is 9.17. The van der Waals surface area contributed by atoms with Crippen molar-refractivity contribution in [3.63, 3.8) is 0 Å². The van der Waals surface area contributed by atoms with E-state index in [-0.39, 0.29) is 18.0 Å². The van der Waals surface area contributed by atoms with E-state index < -0.39 is 0 Å². The first kappa shape index (κ1) is 23.4. The number of ether oxygens (including phenoxy) is 1. The van der Waals surface area contributed by atoms with Crippen LogP contribution < -0.4 is 20.3 Å². The molecule has 2 aliphatic heterocycles. The van der Waals surface area contributed by atoms with E-state index in [4.69, 9.17) is 4.74 Å². The van der Waals surface area contributed by atoms with Crippen molar-refractivity contribution in [1.29, 1.82) is 0 Å². The van der Waals surface area contributed by atoms with Crippen LogP contribution in [0.4, 0.5) is 21.9 Å². The van der Waals surface area contributed by atoms with E-state index in [2.05, 4.69) is 34.4 Å². The predicted octanol–water partition coefficient (Wildman–Crippen LogP) is 5.90. The third-order valence-corrected chi connectivity index (χ3v) is 7.91. The molecule has 4 heterocycles. The Labute approximate surface area is 218 Å². The van der Waals surface area contributed by atoms with Crippen LogP contribution >= 0.6 is 11.3 Å². The number of pyridine rings is 1. The number of carbonyl (C=O) groups excluding carboxylic acids is 2. The minimum atomic E-state index is -0.318. The molecule has 3 amide bonds. The number of urea groups is 1. The van der Waals surface area contributed by atoms with Crippen molar-refractivity contribution in [3.05, 3.63) is 71.2 Å². The summed E-state index contributed by atoms with van der Waals surface area (Å²) in [6, 6.07) is 17.3. The molecule has 0 spiro atoms. The molecule has 1 saturated heterocycles. The van der Waals surface area contributed by atoms with E-state index in [0.717, 1.165) is 35.5 Å². The minimum Gasteiger partial charge on any atom is -0.457 e. The molecule has 2 N–H and O–H groups in total. The number of anilines is 3. The molecule has 0 saturated carbocycles. The Kier molecular flexibility index (Phi) is 5.81. The number of rotatable bonds is 6. The fraction of sp³-hybridized carbons (Fsp3) is 0.250. The van der Waals surface area contributed by atoms with Crippen LogP contribution in [0.3, 0.4) is 0 Å². The van der Waals surface area contributed by atoms with E-state index in [0.29, 0.717) is 32.9 Å². The summed E-state index contributed by atoms with van der Waals surface area (Å²) in [6.45, 7) is 7.90. The first-order chi connectivity index (χ1) is 17.9. The summed E-state index contributed by atoms with van der Waals surface area (Å²) in [6.07, 6.45) is 1.68. The van der Waals surface area contributed by atoms with Gasteiger partial charge >= 0.3 is 6.03 Å². The van der Waals surface area contributed by atoms with Gasteiger partial charge in [0.2, 0.25) is 0 Å². The van der Waals surface area contributed by atoms with E-state index in [1.54, 1.807) is 11.1 Å². The Morgan fingerprint density at radius 2 is 1.89 bits per heavy atom. The SMILES string of the molecule is Cc1cc(Oc2ccccc2)ccc1N1C(=O)Nc2c(C(=O)NC3CN(C(C)C)C3)sc3nccc1c23. The number of carbonyl (C=O) groups is 2. The topological polar surface area (TPSA) is 86.8 Å². The summed E-state index contributed by atoms with van der Waals surface area (Å²) in [4.78, 5) is 36.3. The lowest BCUT2D eigenvalue weighted by Gasteiger charge is -2.42. The fourth-order valence-electron chi connectivity index (χ4n) is 4.83. The van der Waals surface area contributed by atoms with Crippen LogP contribution in [-0.4, -0.2) is 47.0 Å². The molecule has 4 aromatic rings. The fourth-order valence-corrected chi connectivity index (χ4v) is 5.85. The van der Waals surface area contributed by atoms with Gasteiger partial charge in [0, 0.05) is 25.3 Å². The normalized spacial score (nSPS) is 15.6. The van der Waals surface area contributed by atoms with Crippen molar-refractivity contribution in [2.45, 2.75) is 32.9 Å². The van der Waals surface area contributed by atoms with Gasteiger partial charge in [-0.05, 0) is 62.7 Å². The first-order valence-electron chi connectivity index (χ1n) is 12.3. The number of benzene rings is 2. The molecule has 0 aliphatic carbocycles. The van der Waals surface area contributed by atoms with E-state index in [1.165, 1.54) is 11.3 Å². The third-order valence-electron chi connectivity index (χ3n) is 6.82. The summed E-state index contributed by atoms with van der Waals surface area (Å²) >= 11 is 1.30. The predicted molar refractivity (Wildman–Crippen MR) is 146 cm³/mol. The molecule has 1 fully saturated rings. The summed E-state index contributed by atoms with van der Waals surface area (Å²) in [5.74, 6) is 1.25. The first-order valence-corrected chi connectivity index (χ1v) is 13.1. The van der Waals surface area contributed by atoms with Gasteiger partial charge in [-0.2, -0.15) is 0 Å². The number of hydrogen-bond donors (Lipinski definition) is 2. The van der Waals surface area contributed by atoms with E-state index in [1.807, 2.05) is 61.5 Å². The molecule has 2 aromatic heterocycles. The molecule has 0 atom stereocenters. The number of aromatic nitrogens is 1. The van der Waals surface area contributed by atoms with E-state index >= 15 is 0 Å². The number of likely N-dealkylation sites (tertiary alicyclic amines) is 1. The largest absolute Gasteiger partial charge is 0.457 e. The van der Waals surface area contributed by atoms with Crippen molar-refractivity contribution in [3.8, 4) is 11.5 Å². The van der Waals surface area contributed by atoms with Gasteiger partial charge in [-0.3, -0.25) is 14.6 Å². The maximum atomic E-state index is 13.4. The summed E-state index contributed by atoms with van der Waals surface area (Å²) < 4.78 is 5.96. The quantitative estimate of drug-likeness (QED) is 0.335. The molecule has 0 unspecified atom stereocenters. The molecule has 8 nitrogen and oxygen atoms in total. The molecule has 6 rings (SSSR count). The number of hydrogen-bond acceptors (Lipinski definition) is 6. The van der Waals surface area contributed by atoms with Gasteiger partial charge in [-0.25, -0.2) is 9.78 Å². The molecule has 2 aliphatic rings. The van der Waals surface area contributed by atoms with Gasteiger partial charge in [-0.15, -0.1) is 11.3 Å². The Balaban J connectivity index is 1.31. The smallest absolute Gasteiger partial charge is 0.331 e. The van der Waals surface area contributed by atoms with Crippen molar-refractivity contribution in [2.24, 2.45) is 0 Å². The van der Waals surface area contributed by atoms with Crippen molar-refractivity contribution < 1.29 is 14.3 Å². The number of thiophene rings is 1. The van der Waals surface area contributed by atoms with Crippen LogP contribution in [-0.2, 0) is 0 Å². The molecule has 37 heavy (non-hydrogen) atoms. The van der Waals surface area contributed by atoms with Crippen LogP contribution in [0, 0.1) is 6.92 Å². The monoisotopic (exact) mass is 513 g/mol. The lowest BCUT2D eigenvalue weighted by atomic mass is 10.1. The van der Waals surface area contributed by atoms with Gasteiger partial charge in [0.05, 0.1) is 28.5 Å². The number of nitrogens with one attached hydrogen (secondary N) is 2. The lowest BCUT2D eigenvalue weighted by Crippen LogP contribution is -2.61. The van der Waals surface area contributed by atoms with Gasteiger partial charge in [0.15, 0.2) is 0 Å². The molecule has 2 aromatic carbocycles. The zero-order valence-electron chi connectivity index (χ0n) is 20.8. The van der Waals surface area contributed by atoms with Gasteiger partial charge in [-0.1, -0.05) is 18.2 Å². The van der Waals surface area contributed by atoms with Crippen LogP contribution in [0.25, 0.3) is 10.2 Å². The van der Waals surface area contributed by atoms with Gasteiger partial charge in [0.25, 0.3) is 5.91 Å². The Bertz CT molecular complexity index is 1510. The summed E-state index contributed by atoms with van der Waals surface area (Å²) in [5, 5.41) is 6.86. The van der Waals surface area contributed by atoms with Gasteiger partial charge < -0.3 is 15.4 Å². The van der Waals surface area contributed by atoms with E-state index in [9.17, 15) is 9.59 Å². The molecule has 188 valence electrons. The average molecular weight is 514 g/mol. The molecular weight excluding hydrogens is 486 g/mol. The number of nitrogens with zero attached hydrogens (tertiary/aromatic N) is 3. The lowest BCUT2D eigenvalue weighted by molar-refractivity contribution is 0.0717. The highest BCUT2D eigenvalue weighted by molar-refractivity contribution is 7.21. The summed E-state index contributed by atoms with van der Waals surface area (Å²) in [7, 11) is 0. The number of amides is 3. The van der Waals surface area contributed by atoms with Crippen molar-refractivity contribution >= 4 is 50.6 Å². The second-order valence-corrected chi connectivity index (χ2v) is 10.7. The maximum absolute atomic E-state index is 13.4. The van der Waals surface area contributed by atoms with Crippen LogP contribution in [0.15, 0.2) is 60.8 Å². The highest BCUT2D eigenvalue weighted by Gasteiger charge is 2.35. The van der Waals surface area contributed by atoms with Crippen molar-refractivity contribution in [2.75, 3.05) is 23.3 Å². The zero-order valence-corrected chi connectivity index (χ0v) is 21.6. The molecule has 0 radical (unpaired) electrons. The highest BCUT2D eigenvalue weighted by atomic mass is 32.1. The Morgan fingerprint density at radius 1 is 1.11 bits per heavy atom.